The Kier molecular flexibility index (Phi) is 2.10. The number of aliphatic hydroxyl groups is 1. The average molecular weight is 167 g/mol. The predicted molar refractivity (Wildman–Crippen MR) is 46.7 cm³/mol. The lowest BCUT2D eigenvalue weighted by Crippen LogP contribution is -2.41. The number of nitrogens with one attached hydrogen (secondary N) is 2. The topological polar surface area (TPSA) is 56.6 Å². The summed E-state index contributed by atoms with van der Waals surface area (Å²) in [5, 5.41) is 8.52. The van der Waals surface area contributed by atoms with Crippen molar-refractivity contribution in [3.63, 3.8) is 0 Å². The van der Waals surface area contributed by atoms with Crippen LogP contribution in [0.5, 0.6) is 0 Å². The summed E-state index contributed by atoms with van der Waals surface area (Å²) in [4.78, 5) is 4.40. The smallest absolute Gasteiger partial charge is 0.118 e. The Morgan fingerprint density at radius 1 is 1.58 bits per heavy atom. The largest absolute Gasteiger partial charge is 0.395 e. The maximum atomic E-state index is 8.52. The summed E-state index contributed by atoms with van der Waals surface area (Å²) in [6.07, 6.45) is 5.44. The van der Waals surface area contributed by atoms with E-state index in [-0.39, 0.29) is 6.61 Å². The van der Waals surface area contributed by atoms with Gasteiger partial charge in [-0.15, -0.1) is 0 Å². The van der Waals surface area contributed by atoms with Gasteiger partial charge in [0.1, 0.15) is 5.84 Å². The molecule has 66 valence electrons. The van der Waals surface area contributed by atoms with E-state index < -0.39 is 0 Å². The normalized spacial score (nSPS) is 30.9. The van der Waals surface area contributed by atoms with E-state index >= 15 is 0 Å². The lowest BCUT2D eigenvalue weighted by molar-refractivity contribution is 0.289. The molecule has 2 bridgehead atoms. The maximum absolute atomic E-state index is 8.52. The zero-order valence-corrected chi connectivity index (χ0v) is 6.83. The van der Waals surface area contributed by atoms with E-state index in [1.54, 1.807) is 0 Å². The van der Waals surface area contributed by atoms with Crippen molar-refractivity contribution >= 4 is 5.84 Å². The highest BCUT2D eigenvalue weighted by Crippen LogP contribution is 2.27. The molecule has 0 spiro atoms. The quantitative estimate of drug-likeness (QED) is 0.300. The van der Waals surface area contributed by atoms with Crippen LogP contribution in [-0.4, -0.2) is 30.1 Å². The van der Waals surface area contributed by atoms with Crippen LogP contribution in [0.4, 0.5) is 0 Å². The van der Waals surface area contributed by atoms with E-state index in [0.29, 0.717) is 18.5 Å². The summed E-state index contributed by atoms with van der Waals surface area (Å²) < 4.78 is 0. The molecule has 1 heterocycles. The first-order chi connectivity index (χ1) is 5.90. The standard InChI is InChI=1S/C8H13N3O/c12-4-3-9-11-8-6-1-2-7(5-6)10-8/h1-2,6-7,9,12H,3-5H2,(H,10,11). The Hall–Kier alpha value is -0.870. The first-order valence-electron chi connectivity index (χ1n) is 4.26. The highest BCUT2D eigenvalue weighted by atomic mass is 16.3. The van der Waals surface area contributed by atoms with Crippen molar-refractivity contribution in [2.75, 3.05) is 13.2 Å². The molecule has 1 aliphatic carbocycles. The van der Waals surface area contributed by atoms with Crippen LogP contribution in [-0.2, 0) is 0 Å². The highest BCUT2D eigenvalue weighted by Gasteiger charge is 2.29. The van der Waals surface area contributed by atoms with E-state index in [4.69, 9.17) is 5.11 Å². The molecule has 0 saturated carbocycles. The fourth-order valence-corrected chi connectivity index (χ4v) is 1.59. The second-order valence-electron chi connectivity index (χ2n) is 3.08. The Balaban J connectivity index is 1.79. The molecule has 4 heteroatoms. The van der Waals surface area contributed by atoms with Gasteiger partial charge < -0.3 is 10.5 Å². The number of hydrazine groups is 1. The van der Waals surface area contributed by atoms with Gasteiger partial charge in [-0.05, 0) is 6.42 Å². The van der Waals surface area contributed by atoms with Crippen molar-refractivity contribution in [2.24, 2.45) is 10.9 Å². The fourth-order valence-electron chi connectivity index (χ4n) is 1.59. The van der Waals surface area contributed by atoms with Gasteiger partial charge in [-0.3, -0.25) is 4.99 Å². The first kappa shape index (κ1) is 7.76. The maximum Gasteiger partial charge on any atom is 0.118 e. The van der Waals surface area contributed by atoms with Crippen LogP contribution in [0, 0.1) is 5.92 Å². The summed E-state index contributed by atoms with van der Waals surface area (Å²) in [5.74, 6) is 1.48. The minimum atomic E-state index is 0.143. The molecule has 2 atom stereocenters. The summed E-state index contributed by atoms with van der Waals surface area (Å²) in [6, 6.07) is 0.397. The van der Waals surface area contributed by atoms with Crippen LogP contribution in [0.2, 0.25) is 0 Å². The van der Waals surface area contributed by atoms with Crippen LogP contribution in [0.3, 0.4) is 0 Å². The Labute approximate surface area is 71.4 Å². The predicted octanol–water partition coefficient (Wildman–Crippen LogP) is -0.570. The van der Waals surface area contributed by atoms with E-state index in [2.05, 4.69) is 28.0 Å². The zero-order valence-electron chi connectivity index (χ0n) is 6.83. The van der Waals surface area contributed by atoms with Crippen LogP contribution in [0.1, 0.15) is 6.42 Å². The Bertz CT molecular complexity index is 224. The van der Waals surface area contributed by atoms with E-state index in [9.17, 15) is 0 Å². The van der Waals surface area contributed by atoms with Gasteiger partial charge in [0.15, 0.2) is 0 Å². The second-order valence-corrected chi connectivity index (χ2v) is 3.08. The molecule has 0 amide bonds. The number of dihydropyridines is 1. The number of nitrogens with zero attached hydrogens (tertiary/aromatic N) is 1. The molecule has 2 aliphatic rings. The second kappa shape index (κ2) is 3.25. The van der Waals surface area contributed by atoms with Gasteiger partial charge in [-0.25, -0.2) is 5.43 Å². The summed E-state index contributed by atoms with van der Waals surface area (Å²) in [7, 11) is 0. The van der Waals surface area contributed by atoms with Crippen molar-refractivity contribution < 1.29 is 5.11 Å². The minimum absolute atomic E-state index is 0.143. The molecule has 0 radical (unpaired) electrons. The molecule has 0 aromatic rings. The number of aliphatic hydroxyl groups excluding tert-OH is 1. The number of rotatable bonds is 3. The third-order valence-electron chi connectivity index (χ3n) is 2.17. The third kappa shape index (κ3) is 1.35. The molecule has 3 N–H and O–H groups in total. The van der Waals surface area contributed by atoms with Crippen molar-refractivity contribution in [1.29, 1.82) is 0 Å². The Morgan fingerprint density at radius 2 is 2.50 bits per heavy atom. The monoisotopic (exact) mass is 167 g/mol. The van der Waals surface area contributed by atoms with Crippen LogP contribution in [0.15, 0.2) is 17.1 Å². The number of aliphatic imine (C=N–C) groups is 1. The lowest BCUT2D eigenvalue weighted by atomic mass is 10.1. The SMILES string of the molecule is OCCNNC1=NC2C=CC1C2. The molecule has 1 aliphatic heterocycles. The molecular formula is C8H13N3O. The molecule has 0 aromatic carbocycles. The summed E-state index contributed by atoms with van der Waals surface area (Å²) >= 11 is 0. The van der Waals surface area contributed by atoms with E-state index in [0.717, 1.165) is 12.3 Å². The average Bonchev–Trinajstić information content (AvgIpc) is 2.65. The van der Waals surface area contributed by atoms with Crippen molar-refractivity contribution in [1.82, 2.24) is 10.9 Å². The molecule has 2 unspecified atom stereocenters. The number of hydrogen-bond donors (Lipinski definition) is 3. The van der Waals surface area contributed by atoms with Crippen molar-refractivity contribution in [3.8, 4) is 0 Å². The molecule has 12 heavy (non-hydrogen) atoms. The number of fused-ring (bicyclic) bond motifs is 2. The van der Waals surface area contributed by atoms with Gasteiger partial charge in [-0.1, -0.05) is 12.2 Å². The van der Waals surface area contributed by atoms with Crippen LogP contribution in [0.25, 0.3) is 0 Å². The Morgan fingerprint density at radius 3 is 3.08 bits per heavy atom. The van der Waals surface area contributed by atoms with Crippen LogP contribution >= 0.6 is 0 Å². The zero-order chi connectivity index (χ0) is 8.39. The molecule has 0 fully saturated rings. The highest BCUT2D eigenvalue weighted by molar-refractivity contribution is 5.89. The third-order valence-corrected chi connectivity index (χ3v) is 2.17. The van der Waals surface area contributed by atoms with Gasteiger partial charge >= 0.3 is 0 Å². The molecule has 0 saturated heterocycles. The van der Waals surface area contributed by atoms with E-state index in [1.807, 2.05) is 0 Å². The van der Waals surface area contributed by atoms with Gasteiger partial charge in [0.05, 0.1) is 12.6 Å². The van der Waals surface area contributed by atoms with E-state index in [1.165, 1.54) is 0 Å². The molecule has 0 aromatic heterocycles. The summed E-state index contributed by atoms with van der Waals surface area (Å²) in [5.41, 5.74) is 5.90. The van der Waals surface area contributed by atoms with Crippen molar-refractivity contribution in [2.45, 2.75) is 12.5 Å². The van der Waals surface area contributed by atoms with Gasteiger partial charge in [0, 0.05) is 12.5 Å². The van der Waals surface area contributed by atoms with Crippen LogP contribution < -0.4 is 10.9 Å². The molecular weight excluding hydrogens is 154 g/mol. The first-order valence-corrected chi connectivity index (χ1v) is 4.26. The lowest BCUT2D eigenvalue weighted by Gasteiger charge is -2.11. The van der Waals surface area contributed by atoms with Gasteiger partial charge in [0.2, 0.25) is 0 Å². The number of hydrogen-bond acceptors (Lipinski definition) is 4. The minimum Gasteiger partial charge on any atom is -0.395 e. The summed E-state index contributed by atoms with van der Waals surface area (Å²) in [6.45, 7) is 0.699. The molecule has 4 nitrogen and oxygen atoms in total. The number of amidine groups is 1. The van der Waals surface area contributed by atoms with Gasteiger partial charge in [-0.2, -0.15) is 0 Å². The van der Waals surface area contributed by atoms with Crippen molar-refractivity contribution in [3.05, 3.63) is 12.2 Å². The molecule has 2 rings (SSSR count). The van der Waals surface area contributed by atoms with Gasteiger partial charge in [0.25, 0.3) is 0 Å². The fraction of sp³-hybridized carbons (Fsp3) is 0.625.